The molecule has 0 unspecified atom stereocenters. The van der Waals surface area contributed by atoms with E-state index < -0.39 is 42.1 Å². The average molecular weight is 592 g/mol. The van der Waals surface area contributed by atoms with Crippen LogP contribution >= 0.6 is 0 Å². The van der Waals surface area contributed by atoms with E-state index in [0.29, 0.717) is 23.5 Å². The van der Waals surface area contributed by atoms with Gasteiger partial charge < -0.3 is 35.6 Å². The van der Waals surface area contributed by atoms with Crippen LogP contribution in [0.2, 0.25) is 0 Å². The number of nitrogens with one attached hydrogen (secondary N) is 4. The number of hydrogen-bond acceptors (Lipinski definition) is 7. The molecule has 0 spiro atoms. The maximum atomic E-state index is 14.1. The van der Waals surface area contributed by atoms with Crippen molar-refractivity contribution in [3.8, 4) is 11.5 Å². The monoisotopic (exact) mass is 591 g/mol. The van der Waals surface area contributed by atoms with E-state index in [1.54, 1.807) is 45.4 Å². The van der Waals surface area contributed by atoms with Crippen LogP contribution in [0.1, 0.15) is 38.3 Å². The quantitative estimate of drug-likeness (QED) is 0.366. The van der Waals surface area contributed by atoms with Crippen molar-refractivity contribution in [2.45, 2.75) is 63.9 Å². The summed E-state index contributed by atoms with van der Waals surface area (Å²) in [5, 5.41) is 11.4. The number of nitrogens with zero attached hydrogens (tertiary/aromatic N) is 1. The first-order chi connectivity index (χ1) is 20.6. The summed E-state index contributed by atoms with van der Waals surface area (Å²) in [6.45, 7) is 5.62. The highest BCUT2D eigenvalue weighted by atomic mass is 16.5. The molecule has 2 aromatic rings. The SMILES string of the molecule is CN[C@@H](C)C(=O)N[C@H](C(=O)N1CC[C@@H]2Oc3ccc(OC)c(c3)/C=C\NC(=O)[C@H](Cc3ccccc3)NC(=O)[C@H]21)C(C)C. The molecule has 230 valence electrons. The van der Waals surface area contributed by atoms with Crippen LogP contribution in [0.5, 0.6) is 11.5 Å². The Morgan fingerprint density at radius 3 is 2.51 bits per heavy atom. The molecular formula is C32H41N5O6. The van der Waals surface area contributed by atoms with Crippen molar-refractivity contribution in [1.29, 1.82) is 0 Å². The van der Waals surface area contributed by atoms with Crippen LogP contribution in [0, 0.1) is 5.92 Å². The van der Waals surface area contributed by atoms with Gasteiger partial charge in [-0.3, -0.25) is 19.2 Å². The summed E-state index contributed by atoms with van der Waals surface area (Å²) in [7, 11) is 3.22. The molecule has 1 saturated heterocycles. The number of hydrogen-bond donors (Lipinski definition) is 4. The number of ether oxygens (including phenoxy) is 2. The van der Waals surface area contributed by atoms with E-state index >= 15 is 0 Å². The van der Waals surface area contributed by atoms with Crippen LogP contribution in [0.4, 0.5) is 0 Å². The lowest BCUT2D eigenvalue weighted by molar-refractivity contribution is -0.144. The first-order valence-electron chi connectivity index (χ1n) is 14.6. The fraction of sp³-hybridized carbons (Fsp3) is 0.438. The van der Waals surface area contributed by atoms with Crippen molar-refractivity contribution in [3.05, 3.63) is 65.9 Å². The standard InChI is InChI=1S/C32H41N5O6/c1-19(2)27(36-29(38)20(3)33-4)32(41)37-16-14-26-28(37)31(40)35-24(17-21-9-7-6-8-10-21)30(39)34-15-13-22-18-23(43-26)11-12-25(22)42-5/h6-13,15,18-20,24,26-28,33H,14,16-17H2,1-5H3,(H,34,39)(H,35,40)(H,36,38)/b15-13-/t20-,24-,26-,27-,28-/m0/s1. The van der Waals surface area contributed by atoms with Crippen molar-refractivity contribution in [1.82, 2.24) is 26.2 Å². The molecule has 4 N–H and O–H groups in total. The van der Waals surface area contributed by atoms with Gasteiger partial charge in [0.05, 0.1) is 13.2 Å². The minimum atomic E-state index is -1.04. The number of amides is 4. The predicted molar refractivity (Wildman–Crippen MR) is 162 cm³/mol. The molecule has 2 heterocycles. The highest BCUT2D eigenvalue weighted by Crippen LogP contribution is 2.30. The molecule has 11 heteroatoms. The Kier molecular flexibility index (Phi) is 10.4. The topological polar surface area (TPSA) is 138 Å². The summed E-state index contributed by atoms with van der Waals surface area (Å²) in [5.74, 6) is -0.812. The first-order valence-corrected chi connectivity index (χ1v) is 14.6. The number of rotatable bonds is 8. The summed E-state index contributed by atoms with van der Waals surface area (Å²) < 4.78 is 11.8. The van der Waals surface area contributed by atoms with Crippen LogP contribution in [-0.2, 0) is 25.6 Å². The van der Waals surface area contributed by atoms with Crippen molar-refractivity contribution >= 4 is 29.7 Å². The van der Waals surface area contributed by atoms with Gasteiger partial charge in [0.25, 0.3) is 0 Å². The predicted octanol–water partition coefficient (Wildman–Crippen LogP) is 1.62. The van der Waals surface area contributed by atoms with Gasteiger partial charge in [-0.15, -0.1) is 0 Å². The Hall–Kier alpha value is -4.38. The van der Waals surface area contributed by atoms with E-state index in [4.69, 9.17) is 9.47 Å². The molecule has 1 fully saturated rings. The van der Waals surface area contributed by atoms with Crippen LogP contribution in [0.15, 0.2) is 54.7 Å². The van der Waals surface area contributed by atoms with Gasteiger partial charge in [-0.25, -0.2) is 0 Å². The molecular weight excluding hydrogens is 550 g/mol. The third kappa shape index (κ3) is 7.53. The van der Waals surface area contributed by atoms with Gasteiger partial charge in [-0.05, 0) is 49.7 Å². The Morgan fingerprint density at radius 2 is 1.84 bits per heavy atom. The summed E-state index contributed by atoms with van der Waals surface area (Å²) in [6, 6.07) is 11.3. The van der Waals surface area contributed by atoms with Crippen LogP contribution in [-0.4, -0.2) is 79.5 Å². The smallest absolute Gasteiger partial charge is 0.247 e. The fourth-order valence-electron chi connectivity index (χ4n) is 5.27. The van der Waals surface area contributed by atoms with Crippen LogP contribution in [0.25, 0.3) is 6.08 Å². The number of methoxy groups -OCH3 is 1. The number of carbonyl (C=O) groups excluding carboxylic acids is 4. The van der Waals surface area contributed by atoms with Gasteiger partial charge in [-0.2, -0.15) is 0 Å². The van der Waals surface area contributed by atoms with Gasteiger partial charge in [0.2, 0.25) is 23.6 Å². The Labute approximate surface area is 252 Å². The average Bonchev–Trinajstić information content (AvgIpc) is 3.42. The first kappa shape index (κ1) is 31.6. The number of likely N-dealkylation sites (tertiary alicyclic amines) is 1. The Morgan fingerprint density at radius 1 is 1.09 bits per heavy atom. The number of likely N-dealkylation sites (N-methyl/N-ethyl adjacent to an activating group) is 1. The van der Waals surface area contributed by atoms with Gasteiger partial charge in [0, 0.05) is 31.1 Å². The molecule has 11 nitrogen and oxygen atoms in total. The summed E-state index contributed by atoms with van der Waals surface area (Å²) >= 11 is 0. The molecule has 5 atom stereocenters. The highest BCUT2D eigenvalue weighted by Gasteiger charge is 2.46. The zero-order chi connectivity index (χ0) is 31.1. The summed E-state index contributed by atoms with van der Waals surface area (Å²) in [5.41, 5.74) is 1.53. The van der Waals surface area contributed by atoms with E-state index in [2.05, 4.69) is 21.3 Å². The number of benzene rings is 2. The second kappa shape index (κ2) is 14.2. The van der Waals surface area contributed by atoms with E-state index in [9.17, 15) is 19.2 Å². The molecule has 4 amide bonds. The van der Waals surface area contributed by atoms with Crippen molar-refractivity contribution in [2.75, 3.05) is 20.7 Å². The largest absolute Gasteiger partial charge is 0.496 e. The highest BCUT2D eigenvalue weighted by molar-refractivity contribution is 5.96. The van der Waals surface area contributed by atoms with Crippen molar-refractivity contribution in [2.24, 2.45) is 5.92 Å². The molecule has 0 saturated carbocycles. The molecule has 2 bridgehead atoms. The third-order valence-corrected chi connectivity index (χ3v) is 7.84. The third-order valence-electron chi connectivity index (χ3n) is 7.84. The van der Waals surface area contributed by atoms with Gasteiger partial charge >= 0.3 is 0 Å². The Balaban J connectivity index is 1.71. The van der Waals surface area contributed by atoms with Crippen LogP contribution in [0.3, 0.4) is 0 Å². The molecule has 0 aromatic heterocycles. The maximum Gasteiger partial charge on any atom is 0.247 e. The molecule has 2 aliphatic rings. The zero-order valence-corrected chi connectivity index (χ0v) is 25.3. The van der Waals surface area contributed by atoms with Crippen molar-refractivity contribution < 1.29 is 28.7 Å². The number of fused-ring (bicyclic) bond motifs is 3. The summed E-state index contributed by atoms with van der Waals surface area (Å²) in [4.78, 5) is 55.7. The molecule has 0 aliphatic carbocycles. The van der Waals surface area contributed by atoms with E-state index in [1.807, 2.05) is 44.2 Å². The lowest BCUT2D eigenvalue weighted by atomic mass is 10.0. The minimum Gasteiger partial charge on any atom is -0.496 e. The number of carbonyl (C=O) groups is 4. The lowest BCUT2D eigenvalue weighted by Crippen LogP contribution is -2.60. The normalized spacial score (nSPS) is 22.4. The zero-order valence-electron chi connectivity index (χ0n) is 25.3. The molecule has 0 radical (unpaired) electrons. The van der Waals surface area contributed by atoms with Crippen molar-refractivity contribution in [3.63, 3.8) is 0 Å². The molecule has 4 rings (SSSR count). The van der Waals surface area contributed by atoms with Gasteiger partial charge in [0.15, 0.2) is 0 Å². The Bertz CT molecular complexity index is 1350. The lowest BCUT2D eigenvalue weighted by Gasteiger charge is -2.33. The second-order valence-electron chi connectivity index (χ2n) is 11.2. The molecule has 2 aromatic carbocycles. The summed E-state index contributed by atoms with van der Waals surface area (Å²) in [6.07, 6.45) is 3.12. The maximum absolute atomic E-state index is 14.1. The van der Waals surface area contributed by atoms with Gasteiger partial charge in [0.1, 0.15) is 35.7 Å². The minimum absolute atomic E-state index is 0.237. The van der Waals surface area contributed by atoms with E-state index in [0.717, 1.165) is 5.56 Å². The van der Waals surface area contributed by atoms with Crippen LogP contribution < -0.4 is 30.7 Å². The van der Waals surface area contributed by atoms with E-state index in [-0.39, 0.29) is 30.7 Å². The molecule has 43 heavy (non-hydrogen) atoms. The molecule has 2 aliphatic heterocycles. The fourth-order valence-corrected chi connectivity index (χ4v) is 5.27. The van der Waals surface area contributed by atoms with E-state index in [1.165, 1.54) is 11.1 Å². The van der Waals surface area contributed by atoms with Gasteiger partial charge in [-0.1, -0.05) is 44.2 Å². The second-order valence-corrected chi connectivity index (χ2v) is 11.2.